The van der Waals surface area contributed by atoms with E-state index in [9.17, 15) is 9.59 Å². The number of methoxy groups -OCH3 is 1. The number of carbonyl (C=O) groups is 2. The van der Waals surface area contributed by atoms with Gasteiger partial charge < -0.3 is 24.4 Å². The lowest BCUT2D eigenvalue weighted by molar-refractivity contribution is 0.102. The number of benzene rings is 1. The van der Waals surface area contributed by atoms with Crippen molar-refractivity contribution < 1.29 is 14.3 Å². The van der Waals surface area contributed by atoms with E-state index < -0.39 is 0 Å². The smallest absolute Gasteiger partial charge is 0.320 e. The second-order valence-electron chi connectivity index (χ2n) is 9.53. The molecule has 1 N–H and O–H groups in total. The molecular formula is C26H29N7O3. The standard InChI is InChI=1S/C26H29N7O3/c1-36-21-15-17-9-13-32(26(35)31-10-2-3-11-31)16-18(17)14-19(21)25(34)28-22-7-4-6-20(27-22)24-30-29-23-8-5-12-33(23)24/h4,6-7,14-15H,2-3,5,8-13,16H2,1H3,(H,27,28,34). The Morgan fingerprint density at radius 2 is 1.81 bits per heavy atom. The molecule has 0 radical (unpaired) electrons. The van der Waals surface area contributed by atoms with Crippen molar-refractivity contribution in [1.29, 1.82) is 0 Å². The van der Waals surface area contributed by atoms with Crippen LogP contribution in [0.15, 0.2) is 30.3 Å². The lowest BCUT2D eigenvalue weighted by atomic mass is 9.96. The van der Waals surface area contributed by atoms with E-state index in [1.807, 2.05) is 34.1 Å². The zero-order valence-electron chi connectivity index (χ0n) is 20.4. The van der Waals surface area contributed by atoms with Crippen LogP contribution in [0.4, 0.5) is 10.6 Å². The molecule has 1 saturated heterocycles. The fourth-order valence-electron chi connectivity index (χ4n) is 5.36. The highest BCUT2D eigenvalue weighted by atomic mass is 16.5. The maximum Gasteiger partial charge on any atom is 0.320 e. The molecule has 1 aromatic carbocycles. The lowest BCUT2D eigenvalue weighted by Crippen LogP contribution is -2.44. The van der Waals surface area contributed by atoms with Gasteiger partial charge in [0.25, 0.3) is 5.91 Å². The van der Waals surface area contributed by atoms with Crippen molar-refractivity contribution in [1.82, 2.24) is 29.5 Å². The number of aromatic nitrogens is 4. The Bertz CT molecular complexity index is 1330. The van der Waals surface area contributed by atoms with Gasteiger partial charge in [0, 0.05) is 39.1 Å². The van der Waals surface area contributed by atoms with Crippen LogP contribution in [0.1, 0.15) is 46.6 Å². The molecule has 0 bridgehead atoms. The van der Waals surface area contributed by atoms with Gasteiger partial charge in [-0.2, -0.15) is 0 Å². The van der Waals surface area contributed by atoms with Crippen molar-refractivity contribution in [3.8, 4) is 17.3 Å². The minimum Gasteiger partial charge on any atom is -0.496 e. The van der Waals surface area contributed by atoms with Crippen LogP contribution in [0.25, 0.3) is 11.5 Å². The van der Waals surface area contributed by atoms with Crippen molar-refractivity contribution in [3.05, 3.63) is 52.8 Å². The van der Waals surface area contributed by atoms with Crippen molar-refractivity contribution >= 4 is 17.8 Å². The highest BCUT2D eigenvalue weighted by Crippen LogP contribution is 2.30. The number of rotatable bonds is 4. The number of hydrogen-bond donors (Lipinski definition) is 1. The molecule has 6 rings (SSSR count). The van der Waals surface area contributed by atoms with Crippen LogP contribution < -0.4 is 10.1 Å². The predicted octanol–water partition coefficient (Wildman–Crippen LogP) is 3.12. The van der Waals surface area contributed by atoms with Crippen molar-refractivity contribution in [2.75, 3.05) is 32.1 Å². The first kappa shape index (κ1) is 22.5. The summed E-state index contributed by atoms with van der Waals surface area (Å²) in [5.41, 5.74) is 3.17. The van der Waals surface area contributed by atoms with Gasteiger partial charge in [0.05, 0.1) is 12.7 Å². The third kappa shape index (κ3) is 4.06. The fourth-order valence-corrected chi connectivity index (χ4v) is 5.36. The van der Waals surface area contributed by atoms with Gasteiger partial charge in [-0.15, -0.1) is 10.2 Å². The van der Waals surface area contributed by atoms with E-state index in [1.54, 1.807) is 13.2 Å². The van der Waals surface area contributed by atoms with Gasteiger partial charge in [-0.3, -0.25) is 4.79 Å². The second-order valence-corrected chi connectivity index (χ2v) is 9.53. The number of hydrogen-bond acceptors (Lipinski definition) is 6. The normalized spacial score (nSPS) is 16.6. The first-order valence-electron chi connectivity index (χ1n) is 12.5. The van der Waals surface area contributed by atoms with E-state index in [-0.39, 0.29) is 11.9 Å². The number of carbonyl (C=O) groups excluding carboxylic acids is 2. The van der Waals surface area contributed by atoms with Crippen LogP contribution in [0.2, 0.25) is 0 Å². The van der Waals surface area contributed by atoms with E-state index >= 15 is 0 Å². The SMILES string of the molecule is COc1cc2c(cc1C(=O)Nc1cccc(-c3nnc4n3CCC4)n1)CN(C(=O)N1CCCC1)CC2. The summed E-state index contributed by atoms with van der Waals surface area (Å²) in [7, 11) is 1.56. The third-order valence-corrected chi connectivity index (χ3v) is 7.26. The fraction of sp³-hybridized carbons (Fsp3) is 0.423. The Kier molecular flexibility index (Phi) is 5.79. The average Bonchev–Trinajstić information content (AvgIpc) is 3.66. The Labute approximate surface area is 209 Å². The van der Waals surface area contributed by atoms with Crippen LogP contribution in [0.3, 0.4) is 0 Å². The zero-order chi connectivity index (χ0) is 24.6. The molecule has 3 aromatic rings. The summed E-state index contributed by atoms with van der Waals surface area (Å²) in [5, 5.41) is 11.5. The number of urea groups is 1. The van der Waals surface area contributed by atoms with Gasteiger partial charge in [0.15, 0.2) is 5.82 Å². The lowest BCUT2D eigenvalue weighted by Gasteiger charge is -2.32. The highest BCUT2D eigenvalue weighted by Gasteiger charge is 2.28. The minimum atomic E-state index is -0.311. The average molecular weight is 488 g/mol. The van der Waals surface area contributed by atoms with Gasteiger partial charge in [0.1, 0.15) is 23.1 Å². The maximum absolute atomic E-state index is 13.3. The van der Waals surface area contributed by atoms with Gasteiger partial charge in [-0.05, 0) is 61.1 Å². The Morgan fingerprint density at radius 3 is 2.64 bits per heavy atom. The molecule has 10 nitrogen and oxygen atoms in total. The summed E-state index contributed by atoms with van der Waals surface area (Å²) >= 11 is 0. The Morgan fingerprint density at radius 1 is 0.944 bits per heavy atom. The van der Waals surface area contributed by atoms with E-state index in [2.05, 4.69) is 25.1 Å². The molecular weight excluding hydrogens is 458 g/mol. The Balaban J connectivity index is 1.23. The van der Waals surface area contributed by atoms with Crippen molar-refractivity contribution in [2.24, 2.45) is 0 Å². The number of fused-ring (bicyclic) bond motifs is 2. The second kappa shape index (κ2) is 9.25. The minimum absolute atomic E-state index is 0.0842. The van der Waals surface area contributed by atoms with Crippen LogP contribution in [0.5, 0.6) is 5.75 Å². The molecule has 0 unspecified atom stereocenters. The topological polar surface area (TPSA) is 105 Å². The molecule has 186 valence electrons. The van der Waals surface area contributed by atoms with Crippen molar-refractivity contribution in [2.45, 2.75) is 45.2 Å². The molecule has 0 atom stereocenters. The molecule has 36 heavy (non-hydrogen) atoms. The zero-order valence-corrected chi connectivity index (χ0v) is 20.4. The molecule has 0 saturated carbocycles. The number of anilines is 1. The van der Waals surface area contributed by atoms with E-state index in [0.717, 1.165) is 68.7 Å². The van der Waals surface area contributed by atoms with Gasteiger partial charge in [0.2, 0.25) is 0 Å². The number of aryl methyl sites for hydroxylation is 1. The van der Waals surface area contributed by atoms with Crippen LogP contribution in [-0.4, -0.2) is 68.2 Å². The third-order valence-electron chi connectivity index (χ3n) is 7.26. The molecule has 3 amide bonds. The molecule has 0 spiro atoms. The highest BCUT2D eigenvalue weighted by molar-refractivity contribution is 6.06. The van der Waals surface area contributed by atoms with Gasteiger partial charge >= 0.3 is 6.03 Å². The van der Waals surface area contributed by atoms with Crippen LogP contribution in [0, 0.1) is 0 Å². The van der Waals surface area contributed by atoms with E-state index in [1.165, 1.54) is 0 Å². The van der Waals surface area contributed by atoms with Crippen molar-refractivity contribution in [3.63, 3.8) is 0 Å². The number of amides is 3. The molecule has 3 aliphatic heterocycles. The number of nitrogens with one attached hydrogen (secondary N) is 1. The van der Waals surface area contributed by atoms with E-state index in [4.69, 9.17) is 4.74 Å². The Hall–Kier alpha value is -3.95. The van der Waals surface area contributed by atoms with Crippen LogP contribution >= 0.6 is 0 Å². The molecule has 2 aromatic heterocycles. The summed E-state index contributed by atoms with van der Waals surface area (Å²) in [4.78, 5) is 34.7. The molecule has 5 heterocycles. The number of likely N-dealkylation sites (tertiary alicyclic amines) is 1. The number of pyridine rings is 1. The summed E-state index contributed by atoms with van der Waals surface area (Å²) < 4.78 is 7.65. The summed E-state index contributed by atoms with van der Waals surface area (Å²) in [6.45, 7) is 3.67. The number of ether oxygens (including phenoxy) is 1. The maximum atomic E-state index is 13.3. The molecule has 1 fully saturated rings. The van der Waals surface area contributed by atoms with E-state index in [0.29, 0.717) is 41.7 Å². The summed E-state index contributed by atoms with van der Waals surface area (Å²) in [6, 6.07) is 9.33. The summed E-state index contributed by atoms with van der Waals surface area (Å²) in [6.07, 6.45) is 4.83. The largest absolute Gasteiger partial charge is 0.496 e. The predicted molar refractivity (Wildman–Crippen MR) is 133 cm³/mol. The molecule has 0 aliphatic carbocycles. The van der Waals surface area contributed by atoms with Gasteiger partial charge in [-0.25, -0.2) is 9.78 Å². The van der Waals surface area contributed by atoms with Gasteiger partial charge in [-0.1, -0.05) is 6.07 Å². The van der Waals surface area contributed by atoms with Crippen LogP contribution in [-0.2, 0) is 25.9 Å². The molecule has 10 heteroatoms. The molecule has 3 aliphatic rings. The first-order chi connectivity index (χ1) is 17.6. The quantitative estimate of drug-likeness (QED) is 0.606. The monoisotopic (exact) mass is 487 g/mol. The summed E-state index contributed by atoms with van der Waals surface area (Å²) in [5.74, 6) is 2.31. The number of nitrogens with zero attached hydrogens (tertiary/aromatic N) is 6. The first-order valence-corrected chi connectivity index (χ1v) is 12.5.